The Hall–Kier alpha value is -2.09. The third kappa shape index (κ3) is 3.72. The average molecular weight is 294 g/mol. The van der Waals surface area contributed by atoms with Crippen molar-refractivity contribution in [2.45, 2.75) is 45.9 Å². The zero-order valence-electron chi connectivity index (χ0n) is 12.6. The first-order valence-corrected chi connectivity index (χ1v) is 7.19. The first-order chi connectivity index (χ1) is 10.0. The van der Waals surface area contributed by atoms with Gasteiger partial charge < -0.3 is 10.6 Å². The Balaban J connectivity index is 2.18. The molecule has 0 bridgehead atoms. The molecule has 8 heteroatoms. The van der Waals surface area contributed by atoms with Crippen molar-refractivity contribution in [1.29, 1.82) is 0 Å². The first kappa shape index (κ1) is 15.3. The van der Waals surface area contributed by atoms with Gasteiger partial charge in [0.05, 0.1) is 5.69 Å². The van der Waals surface area contributed by atoms with Crippen LogP contribution in [0.15, 0.2) is 6.07 Å². The number of aromatic nitrogens is 2. The highest BCUT2D eigenvalue weighted by molar-refractivity contribution is 5.88. The number of carbonyl (C=O) groups is 2. The molecule has 1 aliphatic heterocycles. The van der Waals surface area contributed by atoms with Crippen LogP contribution in [0.5, 0.6) is 0 Å². The molecule has 1 aromatic heterocycles. The van der Waals surface area contributed by atoms with E-state index in [0.717, 1.165) is 12.1 Å². The SMILES string of the molecule is CCNC(=O)Nc1cc(C)nn1C1NC(=O)CC(CC)N1. The number of nitrogens with one attached hydrogen (secondary N) is 4. The normalized spacial score (nSPS) is 21.8. The quantitative estimate of drug-likeness (QED) is 0.656. The molecule has 0 radical (unpaired) electrons. The fourth-order valence-electron chi connectivity index (χ4n) is 2.28. The van der Waals surface area contributed by atoms with Gasteiger partial charge in [0.15, 0.2) is 6.29 Å². The summed E-state index contributed by atoms with van der Waals surface area (Å²) in [5, 5.41) is 15.9. The minimum atomic E-state index is -0.457. The van der Waals surface area contributed by atoms with Gasteiger partial charge in [0.2, 0.25) is 5.91 Å². The van der Waals surface area contributed by atoms with Crippen molar-refractivity contribution in [2.24, 2.45) is 0 Å². The molecule has 0 saturated carbocycles. The van der Waals surface area contributed by atoms with Crippen LogP contribution in [0.2, 0.25) is 0 Å². The van der Waals surface area contributed by atoms with Crippen LogP contribution in [0.25, 0.3) is 0 Å². The Morgan fingerprint density at radius 2 is 2.29 bits per heavy atom. The monoisotopic (exact) mass is 294 g/mol. The molecule has 2 heterocycles. The summed E-state index contributed by atoms with van der Waals surface area (Å²) in [4.78, 5) is 23.4. The lowest BCUT2D eigenvalue weighted by atomic mass is 10.1. The van der Waals surface area contributed by atoms with E-state index in [4.69, 9.17) is 0 Å². The highest BCUT2D eigenvalue weighted by atomic mass is 16.2. The zero-order valence-corrected chi connectivity index (χ0v) is 12.6. The smallest absolute Gasteiger partial charge is 0.320 e. The van der Waals surface area contributed by atoms with Gasteiger partial charge in [-0.3, -0.25) is 15.4 Å². The maximum Gasteiger partial charge on any atom is 0.320 e. The summed E-state index contributed by atoms with van der Waals surface area (Å²) in [5.74, 6) is 0.510. The van der Waals surface area contributed by atoms with E-state index in [9.17, 15) is 9.59 Å². The van der Waals surface area contributed by atoms with Gasteiger partial charge in [-0.1, -0.05) is 6.92 Å². The molecule has 0 spiro atoms. The first-order valence-electron chi connectivity index (χ1n) is 7.19. The number of hydrogen-bond donors (Lipinski definition) is 4. The summed E-state index contributed by atoms with van der Waals surface area (Å²) < 4.78 is 1.59. The highest BCUT2D eigenvalue weighted by Gasteiger charge is 2.27. The highest BCUT2D eigenvalue weighted by Crippen LogP contribution is 2.17. The summed E-state index contributed by atoms with van der Waals surface area (Å²) in [6, 6.07) is 1.57. The third-order valence-electron chi connectivity index (χ3n) is 3.30. The molecule has 1 aromatic rings. The maximum atomic E-state index is 11.8. The number of hydrogen-bond acceptors (Lipinski definition) is 4. The molecule has 0 aromatic carbocycles. The number of rotatable bonds is 4. The fraction of sp³-hybridized carbons (Fsp3) is 0.615. The molecule has 2 rings (SSSR count). The van der Waals surface area contributed by atoms with Crippen LogP contribution in [-0.2, 0) is 4.79 Å². The standard InChI is InChI=1S/C13H22N6O2/c1-4-9-7-11(20)17-12(15-9)19-10(6-8(3)18-19)16-13(21)14-5-2/h6,9,12,15H,4-5,7H2,1-3H3,(H,17,20)(H2,14,16,21). The largest absolute Gasteiger partial charge is 0.338 e. The average Bonchev–Trinajstić information content (AvgIpc) is 2.79. The van der Waals surface area contributed by atoms with E-state index in [0.29, 0.717) is 18.8 Å². The molecule has 0 aliphatic carbocycles. The number of carbonyl (C=O) groups excluding carboxylic acids is 2. The number of urea groups is 1. The van der Waals surface area contributed by atoms with E-state index in [1.807, 2.05) is 20.8 Å². The van der Waals surface area contributed by atoms with Crippen LogP contribution >= 0.6 is 0 Å². The molecular weight excluding hydrogens is 272 g/mol. The molecule has 8 nitrogen and oxygen atoms in total. The lowest BCUT2D eigenvalue weighted by molar-refractivity contribution is -0.125. The van der Waals surface area contributed by atoms with Gasteiger partial charge in [0, 0.05) is 25.1 Å². The lowest BCUT2D eigenvalue weighted by Crippen LogP contribution is -2.53. The van der Waals surface area contributed by atoms with Crippen LogP contribution in [-0.4, -0.2) is 34.3 Å². The van der Waals surface area contributed by atoms with Crippen LogP contribution in [0.4, 0.5) is 10.6 Å². The van der Waals surface area contributed by atoms with Crippen molar-refractivity contribution in [1.82, 2.24) is 25.7 Å². The van der Waals surface area contributed by atoms with Crippen LogP contribution < -0.4 is 21.3 Å². The molecule has 4 N–H and O–H groups in total. The van der Waals surface area contributed by atoms with Crippen LogP contribution in [0.1, 0.15) is 38.7 Å². The Morgan fingerprint density at radius 3 is 2.95 bits per heavy atom. The fourth-order valence-corrected chi connectivity index (χ4v) is 2.28. The molecule has 2 atom stereocenters. The van der Waals surface area contributed by atoms with Gasteiger partial charge in [-0.15, -0.1) is 0 Å². The number of aryl methyl sites for hydroxylation is 1. The summed E-state index contributed by atoms with van der Waals surface area (Å²) in [7, 11) is 0. The number of anilines is 1. The van der Waals surface area contributed by atoms with Gasteiger partial charge in [0.25, 0.3) is 0 Å². The van der Waals surface area contributed by atoms with Crippen molar-refractivity contribution in [2.75, 3.05) is 11.9 Å². The van der Waals surface area contributed by atoms with Crippen molar-refractivity contribution in [3.8, 4) is 0 Å². The molecule has 21 heavy (non-hydrogen) atoms. The number of nitrogens with zero attached hydrogens (tertiary/aromatic N) is 2. The van der Waals surface area contributed by atoms with Gasteiger partial charge >= 0.3 is 6.03 Å². The van der Waals surface area contributed by atoms with Gasteiger partial charge in [-0.25, -0.2) is 9.48 Å². The van der Waals surface area contributed by atoms with E-state index in [1.165, 1.54) is 0 Å². The summed E-state index contributed by atoms with van der Waals surface area (Å²) in [6.45, 7) is 6.24. The second-order valence-electron chi connectivity index (χ2n) is 5.05. The van der Waals surface area contributed by atoms with Crippen LogP contribution in [0.3, 0.4) is 0 Å². The van der Waals surface area contributed by atoms with E-state index < -0.39 is 6.29 Å². The van der Waals surface area contributed by atoms with Crippen molar-refractivity contribution in [3.63, 3.8) is 0 Å². The van der Waals surface area contributed by atoms with Crippen molar-refractivity contribution < 1.29 is 9.59 Å². The summed E-state index contributed by atoms with van der Waals surface area (Å²) >= 11 is 0. The maximum absolute atomic E-state index is 11.8. The molecule has 116 valence electrons. The lowest BCUT2D eigenvalue weighted by Gasteiger charge is -2.31. The zero-order chi connectivity index (χ0) is 15.4. The van der Waals surface area contributed by atoms with E-state index in [1.54, 1.807) is 10.7 Å². The Kier molecular flexibility index (Phi) is 4.79. The molecule has 1 fully saturated rings. The molecule has 2 unspecified atom stereocenters. The Labute approximate surface area is 123 Å². The second-order valence-corrected chi connectivity index (χ2v) is 5.05. The molecule has 3 amide bonds. The molecule has 1 aliphatic rings. The summed E-state index contributed by atoms with van der Waals surface area (Å²) in [6.07, 6.45) is 0.845. The van der Waals surface area contributed by atoms with Gasteiger partial charge in [-0.05, 0) is 20.3 Å². The molecule has 1 saturated heterocycles. The Bertz CT molecular complexity index is 527. The summed E-state index contributed by atoms with van der Waals surface area (Å²) in [5.41, 5.74) is 0.761. The third-order valence-corrected chi connectivity index (χ3v) is 3.30. The number of amides is 3. The van der Waals surface area contributed by atoms with Crippen molar-refractivity contribution >= 4 is 17.8 Å². The Morgan fingerprint density at radius 1 is 1.52 bits per heavy atom. The van der Waals surface area contributed by atoms with Gasteiger partial charge in [0.1, 0.15) is 5.82 Å². The molecular formula is C13H22N6O2. The predicted octanol–water partition coefficient (Wildman–Crippen LogP) is 0.677. The van der Waals surface area contributed by atoms with E-state index in [-0.39, 0.29) is 18.0 Å². The predicted molar refractivity (Wildman–Crippen MR) is 78.7 cm³/mol. The topological polar surface area (TPSA) is 100 Å². The minimum absolute atomic E-state index is 0.0253. The van der Waals surface area contributed by atoms with Crippen molar-refractivity contribution in [3.05, 3.63) is 11.8 Å². The minimum Gasteiger partial charge on any atom is -0.338 e. The van der Waals surface area contributed by atoms with Crippen LogP contribution in [0, 0.1) is 6.92 Å². The second kappa shape index (κ2) is 6.57. The van der Waals surface area contributed by atoms with E-state index >= 15 is 0 Å². The van der Waals surface area contributed by atoms with Gasteiger partial charge in [-0.2, -0.15) is 5.10 Å². The van der Waals surface area contributed by atoms with E-state index in [2.05, 4.69) is 26.4 Å².